The zero-order valence-corrected chi connectivity index (χ0v) is 13.3. The highest BCUT2D eigenvalue weighted by atomic mass is 32.1. The third-order valence-corrected chi connectivity index (χ3v) is 3.90. The molecule has 0 saturated carbocycles. The molecule has 0 spiro atoms. The number of aromatic nitrogens is 1. The van der Waals surface area contributed by atoms with Gasteiger partial charge in [-0.1, -0.05) is 30.3 Å². The number of nitrogens with zero attached hydrogens (tertiary/aromatic N) is 1. The summed E-state index contributed by atoms with van der Waals surface area (Å²) in [5.74, 6) is -4.37. The van der Waals surface area contributed by atoms with E-state index >= 15 is 0 Å². The molecule has 3 N–H and O–H groups in total. The van der Waals surface area contributed by atoms with Crippen molar-refractivity contribution >= 4 is 28.2 Å². The van der Waals surface area contributed by atoms with Gasteiger partial charge in [0.2, 0.25) is 0 Å². The summed E-state index contributed by atoms with van der Waals surface area (Å²) in [5.41, 5.74) is 5.48. The SMILES string of the molecule is O=C(NNc1ccc(F)c(F)c1F)Nc1nc(-c2ccccc2)cs1. The van der Waals surface area contributed by atoms with Gasteiger partial charge in [-0.05, 0) is 12.1 Å². The third-order valence-electron chi connectivity index (χ3n) is 3.14. The molecule has 0 bridgehead atoms. The van der Waals surface area contributed by atoms with Crippen LogP contribution in [-0.4, -0.2) is 11.0 Å². The van der Waals surface area contributed by atoms with Crippen LogP contribution in [0.2, 0.25) is 0 Å². The molecule has 5 nitrogen and oxygen atoms in total. The van der Waals surface area contributed by atoms with Crippen LogP contribution in [0.5, 0.6) is 0 Å². The lowest BCUT2D eigenvalue weighted by atomic mass is 10.2. The number of nitrogens with one attached hydrogen (secondary N) is 3. The lowest BCUT2D eigenvalue weighted by Crippen LogP contribution is -2.34. The lowest BCUT2D eigenvalue weighted by Gasteiger charge is -2.09. The van der Waals surface area contributed by atoms with Crippen molar-refractivity contribution in [2.24, 2.45) is 0 Å². The first kappa shape index (κ1) is 16.8. The van der Waals surface area contributed by atoms with Crippen molar-refractivity contribution in [3.8, 4) is 11.3 Å². The largest absolute Gasteiger partial charge is 0.339 e. The van der Waals surface area contributed by atoms with Crippen molar-refractivity contribution in [3.05, 3.63) is 65.3 Å². The fourth-order valence-electron chi connectivity index (χ4n) is 1.95. The molecule has 0 saturated heterocycles. The second kappa shape index (κ2) is 7.22. The highest BCUT2D eigenvalue weighted by Gasteiger charge is 2.14. The molecule has 0 aliphatic rings. The normalized spacial score (nSPS) is 10.4. The number of amides is 2. The molecule has 3 rings (SSSR count). The van der Waals surface area contributed by atoms with Crippen LogP contribution < -0.4 is 16.2 Å². The third kappa shape index (κ3) is 3.89. The fourth-order valence-corrected chi connectivity index (χ4v) is 2.66. The predicted octanol–water partition coefficient (Wildman–Crippen LogP) is 4.38. The fraction of sp³-hybridized carbons (Fsp3) is 0. The Labute approximate surface area is 144 Å². The number of anilines is 2. The maximum atomic E-state index is 13.5. The molecule has 2 amide bonds. The topological polar surface area (TPSA) is 66.1 Å². The Morgan fingerprint density at radius 2 is 1.76 bits per heavy atom. The number of halogens is 3. The van der Waals surface area contributed by atoms with Gasteiger partial charge in [-0.15, -0.1) is 11.3 Å². The average Bonchev–Trinajstić information content (AvgIpc) is 3.08. The van der Waals surface area contributed by atoms with E-state index < -0.39 is 29.2 Å². The molecule has 0 unspecified atom stereocenters. The number of rotatable bonds is 4. The number of urea groups is 1. The zero-order chi connectivity index (χ0) is 17.8. The van der Waals surface area contributed by atoms with Gasteiger partial charge in [-0.25, -0.2) is 22.9 Å². The minimum absolute atomic E-state index is 0.323. The smallest absolute Gasteiger partial charge is 0.294 e. The van der Waals surface area contributed by atoms with Gasteiger partial charge in [-0.2, -0.15) is 0 Å². The average molecular weight is 364 g/mol. The van der Waals surface area contributed by atoms with Crippen molar-refractivity contribution in [2.45, 2.75) is 0 Å². The van der Waals surface area contributed by atoms with Gasteiger partial charge in [-0.3, -0.25) is 16.2 Å². The highest BCUT2D eigenvalue weighted by Crippen LogP contribution is 2.24. The van der Waals surface area contributed by atoms with E-state index in [0.717, 1.165) is 17.7 Å². The Kier molecular flexibility index (Phi) is 4.85. The van der Waals surface area contributed by atoms with Crippen molar-refractivity contribution in [1.29, 1.82) is 0 Å². The molecule has 0 atom stereocenters. The molecule has 0 aliphatic carbocycles. The minimum Gasteiger partial charge on any atom is -0.294 e. The monoisotopic (exact) mass is 364 g/mol. The van der Waals surface area contributed by atoms with Gasteiger partial charge in [0.05, 0.1) is 11.4 Å². The molecule has 1 heterocycles. The van der Waals surface area contributed by atoms with E-state index in [1.807, 2.05) is 30.3 Å². The van der Waals surface area contributed by atoms with E-state index in [2.05, 4.69) is 21.2 Å². The van der Waals surface area contributed by atoms with Crippen molar-refractivity contribution in [1.82, 2.24) is 10.4 Å². The van der Waals surface area contributed by atoms with Gasteiger partial charge in [0, 0.05) is 10.9 Å². The maximum Gasteiger partial charge on any atom is 0.339 e. The molecule has 1 aromatic heterocycles. The maximum absolute atomic E-state index is 13.5. The van der Waals surface area contributed by atoms with Gasteiger partial charge in [0.1, 0.15) is 0 Å². The Morgan fingerprint density at radius 1 is 1.00 bits per heavy atom. The van der Waals surface area contributed by atoms with Crippen molar-refractivity contribution < 1.29 is 18.0 Å². The quantitative estimate of drug-likeness (QED) is 0.476. The van der Waals surface area contributed by atoms with Crippen molar-refractivity contribution in [3.63, 3.8) is 0 Å². The summed E-state index contributed by atoms with van der Waals surface area (Å²) < 4.78 is 39.4. The van der Waals surface area contributed by atoms with E-state index in [1.54, 1.807) is 5.38 Å². The summed E-state index contributed by atoms with van der Waals surface area (Å²) in [6, 6.07) is 10.4. The summed E-state index contributed by atoms with van der Waals surface area (Å²) in [4.78, 5) is 16.0. The predicted molar refractivity (Wildman–Crippen MR) is 89.6 cm³/mol. The number of hydrogen-bond donors (Lipinski definition) is 3. The minimum atomic E-state index is -1.63. The molecule has 0 fully saturated rings. The van der Waals surface area contributed by atoms with Crippen LogP contribution in [0.3, 0.4) is 0 Å². The second-order valence-corrected chi connectivity index (χ2v) is 5.69. The summed E-state index contributed by atoms with van der Waals surface area (Å²) in [5, 5.41) is 4.55. The number of hydrazine groups is 1. The van der Waals surface area contributed by atoms with Crippen LogP contribution in [0.1, 0.15) is 0 Å². The van der Waals surface area contributed by atoms with Crippen LogP contribution in [0.4, 0.5) is 28.8 Å². The van der Waals surface area contributed by atoms with Crippen LogP contribution in [0, 0.1) is 17.5 Å². The van der Waals surface area contributed by atoms with Crippen molar-refractivity contribution in [2.75, 3.05) is 10.7 Å². The van der Waals surface area contributed by atoms with E-state index in [4.69, 9.17) is 0 Å². The van der Waals surface area contributed by atoms with Crippen LogP contribution in [0.25, 0.3) is 11.3 Å². The first-order valence-electron chi connectivity index (χ1n) is 7.02. The number of carbonyl (C=O) groups excluding carboxylic acids is 1. The van der Waals surface area contributed by atoms with Gasteiger partial charge in [0.25, 0.3) is 0 Å². The zero-order valence-electron chi connectivity index (χ0n) is 12.5. The Bertz CT molecular complexity index is 902. The first-order chi connectivity index (χ1) is 12.0. The standard InChI is InChI=1S/C16H11F3N4OS/c17-10-6-7-11(14(19)13(10)18)22-23-15(24)21-16-20-12(8-25-16)9-4-2-1-3-5-9/h1-8,22H,(H2,20,21,23,24). The number of benzene rings is 2. The van der Waals surface area contributed by atoms with E-state index in [1.165, 1.54) is 11.3 Å². The molecular formula is C16H11F3N4OS. The number of thiazole rings is 1. The summed E-state index contributed by atoms with van der Waals surface area (Å²) >= 11 is 1.21. The van der Waals surface area contributed by atoms with Gasteiger partial charge in [0.15, 0.2) is 22.6 Å². The van der Waals surface area contributed by atoms with Crippen LogP contribution >= 0.6 is 11.3 Å². The molecule has 9 heteroatoms. The van der Waals surface area contributed by atoms with E-state index in [9.17, 15) is 18.0 Å². The number of carbonyl (C=O) groups is 1. The molecule has 2 aromatic carbocycles. The molecule has 25 heavy (non-hydrogen) atoms. The summed E-state index contributed by atoms with van der Waals surface area (Å²) in [6.45, 7) is 0. The second-order valence-electron chi connectivity index (χ2n) is 4.83. The highest BCUT2D eigenvalue weighted by molar-refractivity contribution is 7.14. The Hall–Kier alpha value is -3.07. The first-order valence-corrected chi connectivity index (χ1v) is 7.90. The summed E-state index contributed by atoms with van der Waals surface area (Å²) in [6.07, 6.45) is 0. The summed E-state index contributed by atoms with van der Waals surface area (Å²) in [7, 11) is 0. The number of hydrogen-bond acceptors (Lipinski definition) is 4. The lowest BCUT2D eigenvalue weighted by molar-refractivity contribution is 0.254. The molecule has 0 radical (unpaired) electrons. The molecular weight excluding hydrogens is 353 g/mol. The van der Waals surface area contributed by atoms with E-state index in [0.29, 0.717) is 10.8 Å². The van der Waals surface area contributed by atoms with Crippen LogP contribution in [-0.2, 0) is 0 Å². The molecule has 3 aromatic rings. The van der Waals surface area contributed by atoms with E-state index in [-0.39, 0.29) is 0 Å². The molecule has 0 aliphatic heterocycles. The Balaban J connectivity index is 1.60. The van der Waals surface area contributed by atoms with Gasteiger partial charge < -0.3 is 0 Å². The van der Waals surface area contributed by atoms with Crippen LogP contribution in [0.15, 0.2) is 47.8 Å². The Morgan fingerprint density at radius 3 is 2.52 bits per heavy atom. The van der Waals surface area contributed by atoms with Gasteiger partial charge >= 0.3 is 6.03 Å². The molecule has 128 valence electrons.